The highest BCUT2D eigenvalue weighted by molar-refractivity contribution is 5.46. The minimum absolute atomic E-state index is 0.146. The molecule has 0 saturated carbocycles. The molecule has 0 atom stereocenters. The van der Waals surface area contributed by atoms with Crippen LogP contribution in [0, 0.1) is 0 Å². The predicted molar refractivity (Wildman–Crippen MR) is 89.1 cm³/mol. The predicted octanol–water partition coefficient (Wildman–Crippen LogP) is 3.54. The molecular weight excluding hydrogens is 331 g/mol. The van der Waals surface area contributed by atoms with E-state index >= 15 is 0 Å². The van der Waals surface area contributed by atoms with Crippen molar-refractivity contribution in [2.45, 2.75) is 19.3 Å². The van der Waals surface area contributed by atoms with Gasteiger partial charge in [0.2, 0.25) is 0 Å². The molecular formula is C18H20F3N3O. The summed E-state index contributed by atoms with van der Waals surface area (Å²) in [6.45, 7) is 4.50. The van der Waals surface area contributed by atoms with Gasteiger partial charge in [-0.25, -0.2) is 4.98 Å². The number of aromatic nitrogens is 1. The van der Waals surface area contributed by atoms with Crippen LogP contribution in [0.3, 0.4) is 0 Å². The molecule has 1 N–H and O–H groups in total. The molecule has 134 valence electrons. The van der Waals surface area contributed by atoms with Crippen LogP contribution >= 0.6 is 0 Å². The zero-order chi connectivity index (χ0) is 17.7. The summed E-state index contributed by atoms with van der Waals surface area (Å²) in [6, 6.07) is 10.2. The summed E-state index contributed by atoms with van der Waals surface area (Å²) in [6.07, 6.45) is -3.07. The van der Waals surface area contributed by atoms with Gasteiger partial charge in [-0.05, 0) is 23.3 Å². The van der Waals surface area contributed by atoms with Crippen LogP contribution in [-0.2, 0) is 24.0 Å². The van der Waals surface area contributed by atoms with Gasteiger partial charge in [-0.3, -0.25) is 4.90 Å². The first-order valence-electron chi connectivity index (χ1n) is 8.16. The van der Waals surface area contributed by atoms with E-state index in [0.717, 1.165) is 44.5 Å². The number of halogens is 3. The van der Waals surface area contributed by atoms with E-state index in [1.165, 1.54) is 17.8 Å². The Bertz CT molecular complexity index is 683. The van der Waals surface area contributed by atoms with Gasteiger partial charge in [0.25, 0.3) is 0 Å². The number of ether oxygens (including phenoxy) is 1. The normalized spacial score (nSPS) is 16.0. The average molecular weight is 351 g/mol. The van der Waals surface area contributed by atoms with Crippen molar-refractivity contribution in [1.82, 2.24) is 9.88 Å². The fraction of sp³-hybridized carbons (Fsp3) is 0.389. The minimum atomic E-state index is -4.42. The Labute approximate surface area is 144 Å². The smallest absolute Gasteiger partial charge is 0.379 e. The highest BCUT2D eigenvalue weighted by atomic mass is 19.4. The van der Waals surface area contributed by atoms with Crippen molar-refractivity contribution >= 4 is 5.82 Å². The van der Waals surface area contributed by atoms with E-state index in [4.69, 9.17) is 4.74 Å². The van der Waals surface area contributed by atoms with E-state index in [1.54, 1.807) is 0 Å². The second-order valence-electron chi connectivity index (χ2n) is 5.96. The van der Waals surface area contributed by atoms with Crippen LogP contribution in [0.5, 0.6) is 0 Å². The molecule has 1 aliphatic rings. The molecule has 1 aromatic heterocycles. The second kappa shape index (κ2) is 7.84. The Hall–Kier alpha value is -2.12. The molecule has 0 amide bonds. The van der Waals surface area contributed by atoms with E-state index in [-0.39, 0.29) is 12.4 Å². The fourth-order valence-corrected chi connectivity index (χ4v) is 2.74. The topological polar surface area (TPSA) is 37.4 Å². The molecule has 4 nitrogen and oxygen atoms in total. The highest BCUT2D eigenvalue weighted by Gasteiger charge is 2.33. The number of hydrogen-bond acceptors (Lipinski definition) is 4. The number of rotatable bonds is 5. The standard InChI is InChI=1S/C18H20F3N3O/c19-18(20,21)16-2-1-7-22-17(16)23-12-14-3-5-15(6-4-14)13-24-8-10-25-11-9-24/h1-7H,8-13H2,(H,22,23). The van der Waals surface area contributed by atoms with Crippen molar-refractivity contribution < 1.29 is 17.9 Å². The summed E-state index contributed by atoms with van der Waals surface area (Å²) < 4.78 is 44.2. The number of hydrogen-bond donors (Lipinski definition) is 1. The fourth-order valence-electron chi connectivity index (χ4n) is 2.74. The van der Waals surface area contributed by atoms with Gasteiger partial charge in [-0.1, -0.05) is 24.3 Å². The maximum absolute atomic E-state index is 13.0. The molecule has 2 heterocycles. The molecule has 3 rings (SSSR count). The Morgan fingerprint density at radius 1 is 1.04 bits per heavy atom. The van der Waals surface area contributed by atoms with Crippen LogP contribution in [0.4, 0.5) is 19.0 Å². The van der Waals surface area contributed by atoms with Crippen LogP contribution in [0.25, 0.3) is 0 Å². The lowest BCUT2D eigenvalue weighted by atomic mass is 10.1. The number of pyridine rings is 1. The zero-order valence-corrected chi connectivity index (χ0v) is 13.7. The molecule has 7 heteroatoms. The van der Waals surface area contributed by atoms with E-state index in [0.29, 0.717) is 0 Å². The molecule has 1 saturated heterocycles. The molecule has 0 radical (unpaired) electrons. The number of nitrogens with one attached hydrogen (secondary N) is 1. The maximum atomic E-state index is 13.0. The van der Waals surface area contributed by atoms with Gasteiger partial charge in [0, 0.05) is 32.4 Å². The second-order valence-corrected chi connectivity index (χ2v) is 5.96. The molecule has 0 aliphatic carbocycles. The van der Waals surface area contributed by atoms with E-state index in [9.17, 15) is 13.2 Å². The van der Waals surface area contributed by atoms with Crippen LogP contribution < -0.4 is 5.32 Å². The molecule has 1 aromatic carbocycles. The molecule has 0 bridgehead atoms. The third-order valence-electron chi connectivity index (χ3n) is 4.11. The largest absolute Gasteiger partial charge is 0.419 e. The SMILES string of the molecule is FC(F)(F)c1cccnc1NCc1ccc(CN2CCOCC2)cc1. The van der Waals surface area contributed by atoms with Crippen molar-refractivity contribution in [2.75, 3.05) is 31.6 Å². The van der Waals surface area contributed by atoms with Crippen molar-refractivity contribution in [1.29, 1.82) is 0 Å². The molecule has 0 spiro atoms. The molecule has 2 aromatic rings. The number of benzene rings is 1. The van der Waals surface area contributed by atoms with E-state index in [1.807, 2.05) is 24.3 Å². The number of anilines is 1. The maximum Gasteiger partial charge on any atom is 0.419 e. The summed E-state index contributed by atoms with van der Waals surface area (Å²) >= 11 is 0. The van der Waals surface area contributed by atoms with Crippen LogP contribution in [0.2, 0.25) is 0 Å². The first kappa shape index (κ1) is 17.7. The number of nitrogens with zero attached hydrogens (tertiary/aromatic N) is 2. The summed E-state index contributed by atoms with van der Waals surface area (Å²) in [5.74, 6) is -0.146. The van der Waals surface area contributed by atoms with Crippen molar-refractivity contribution in [3.05, 3.63) is 59.3 Å². The lowest BCUT2D eigenvalue weighted by Gasteiger charge is -2.26. The Kier molecular flexibility index (Phi) is 5.55. The number of morpholine rings is 1. The molecule has 1 fully saturated rings. The van der Waals surface area contributed by atoms with Crippen molar-refractivity contribution in [3.8, 4) is 0 Å². The highest BCUT2D eigenvalue weighted by Crippen LogP contribution is 2.33. The van der Waals surface area contributed by atoms with Crippen LogP contribution in [0.15, 0.2) is 42.6 Å². The van der Waals surface area contributed by atoms with Gasteiger partial charge >= 0.3 is 6.18 Å². The minimum Gasteiger partial charge on any atom is -0.379 e. The lowest BCUT2D eigenvalue weighted by Crippen LogP contribution is -2.35. The average Bonchev–Trinajstić information content (AvgIpc) is 2.61. The van der Waals surface area contributed by atoms with Crippen LogP contribution in [-0.4, -0.2) is 36.2 Å². The summed E-state index contributed by atoms with van der Waals surface area (Å²) in [5.41, 5.74) is 1.34. The monoisotopic (exact) mass is 351 g/mol. The lowest BCUT2D eigenvalue weighted by molar-refractivity contribution is -0.137. The summed E-state index contributed by atoms with van der Waals surface area (Å²) in [7, 11) is 0. The van der Waals surface area contributed by atoms with Gasteiger partial charge in [0.15, 0.2) is 0 Å². The Morgan fingerprint density at radius 3 is 2.40 bits per heavy atom. The van der Waals surface area contributed by atoms with Crippen molar-refractivity contribution in [2.24, 2.45) is 0 Å². The molecule has 0 unspecified atom stereocenters. The third kappa shape index (κ3) is 4.93. The number of alkyl halides is 3. The molecule has 1 aliphatic heterocycles. The van der Waals surface area contributed by atoms with E-state index < -0.39 is 11.7 Å². The van der Waals surface area contributed by atoms with Gasteiger partial charge < -0.3 is 10.1 Å². The Balaban J connectivity index is 1.59. The summed E-state index contributed by atoms with van der Waals surface area (Å²) in [4.78, 5) is 6.13. The first-order valence-corrected chi connectivity index (χ1v) is 8.16. The van der Waals surface area contributed by atoms with Gasteiger partial charge in [0.05, 0.1) is 18.8 Å². The van der Waals surface area contributed by atoms with Gasteiger partial charge in [0.1, 0.15) is 5.82 Å². The van der Waals surface area contributed by atoms with Gasteiger partial charge in [-0.2, -0.15) is 13.2 Å². The van der Waals surface area contributed by atoms with E-state index in [2.05, 4.69) is 15.2 Å². The molecule has 25 heavy (non-hydrogen) atoms. The zero-order valence-electron chi connectivity index (χ0n) is 13.7. The first-order chi connectivity index (χ1) is 12.0. The third-order valence-corrected chi connectivity index (χ3v) is 4.11. The van der Waals surface area contributed by atoms with Gasteiger partial charge in [-0.15, -0.1) is 0 Å². The quantitative estimate of drug-likeness (QED) is 0.894. The van der Waals surface area contributed by atoms with Crippen molar-refractivity contribution in [3.63, 3.8) is 0 Å². The summed E-state index contributed by atoms with van der Waals surface area (Å²) in [5, 5.41) is 2.78. The van der Waals surface area contributed by atoms with Crippen LogP contribution in [0.1, 0.15) is 16.7 Å². The Morgan fingerprint density at radius 2 is 1.72 bits per heavy atom.